The molecule has 1 aliphatic carbocycles. The van der Waals surface area contributed by atoms with Crippen LogP contribution in [0.5, 0.6) is 0 Å². The highest BCUT2D eigenvalue weighted by Crippen LogP contribution is 2.30. The molecule has 2 rings (SSSR count). The topological polar surface area (TPSA) is 29.5 Å². The van der Waals surface area contributed by atoms with Crippen LogP contribution in [0.25, 0.3) is 0 Å². The van der Waals surface area contributed by atoms with E-state index in [-0.39, 0.29) is 5.97 Å². The molecule has 0 heterocycles. The number of nitrogens with zero attached hydrogens (tertiary/aromatic N) is 1. The average molecular weight is 247 g/mol. The van der Waals surface area contributed by atoms with Crippen molar-refractivity contribution in [3.05, 3.63) is 29.3 Å². The Balaban J connectivity index is 2.30. The minimum absolute atomic E-state index is 0.255. The zero-order valence-corrected chi connectivity index (χ0v) is 11.4. The predicted octanol–water partition coefficient (Wildman–Crippen LogP) is 3.16. The van der Waals surface area contributed by atoms with Crippen molar-refractivity contribution >= 4 is 11.7 Å². The van der Waals surface area contributed by atoms with Crippen molar-refractivity contribution in [1.29, 1.82) is 0 Å². The summed E-state index contributed by atoms with van der Waals surface area (Å²) in [5.74, 6) is -0.255. The van der Waals surface area contributed by atoms with Gasteiger partial charge in [-0.15, -0.1) is 0 Å². The van der Waals surface area contributed by atoms with Gasteiger partial charge in [0.15, 0.2) is 0 Å². The first-order valence-corrected chi connectivity index (χ1v) is 6.56. The predicted molar refractivity (Wildman–Crippen MR) is 73.2 cm³/mol. The van der Waals surface area contributed by atoms with Crippen molar-refractivity contribution in [2.75, 3.05) is 19.1 Å². The van der Waals surface area contributed by atoms with Crippen LogP contribution in [0, 0.1) is 6.92 Å². The SMILES string of the molecule is COC(=O)c1cccc(N(C)C2CCCC2)c1C. The van der Waals surface area contributed by atoms with Gasteiger partial charge in [0.25, 0.3) is 0 Å². The van der Waals surface area contributed by atoms with Crippen molar-refractivity contribution in [3.8, 4) is 0 Å². The Kier molecular flexibility index (Phi) is 3.90. The molecule has 0 N–H and O–H groups in total. The summed E-state index contributed by atoms with van der Waals surface area (Å²) >= 11 is 0. The van der Waals surface area contributed by atoms with E-state index in [0.717, 1.165) is 11.3 Å². The van der Waals surface area contributed by atoms with Crippen molar-refractivity contribution in [1.82, 2.24) is 0 Å². The Bertz CT molecular complexity index is 436. The number of hydrogen-bond donors (Lipinski definition) is 0. The summed E-state index contributed by atoms with van der Waals surface area (Å²) in [6, 6.07) is 6.45. The van der Waals surface area contributed by atoms with Gasteiger partial charge in [-0.2, -0.15) is 0 Å². The molecule has 0 aromatic heterocycles. The first kappa shape index (κ1) is 12.9. The summed E-state index contributed by atoms with van der Waals surface area (Å²) in [5.41, 5.74) is 2.82. The van der Waals surface area contributed by atoms with E-state index in [9.17, 15) is 4.79 Å². The summed E-state index contributed by atoms with van der Waals surface area (Å²) in [7, 11) is 3.55. The maximum atomic E-state index is 11.7. The number of carbonyl (C=O) groups excluding carboxylic acids is 1. The van der Waals surface area contributed by atoms with Crippen LogP contribution in [0.4, 0.5) is 5.69 Å². The minimum Gasteiger partial charge on any atom is -0.465 e. The second-order valence-corrected chi connectivity index (χ2v) is 4.99. The lowest BCUT2D eigenvalue weighted by Gasteiger charge is -2.28. The number of ether oxygens (including phenoxy) is 1. The fourth-order valence-electron chi connectivity index (χ4n) is 2.82. The van der Waals surface area contributed by atoms with E-state index in [0.29, 0.717) is 11.6 Å². The lowest BCUT2D eigenvalue weighted by atomic mass is 10.0. The molecule has 1 saturated carbocycles. The van der Waals surface area contributed by atoms with Crippen molar-refractivity contribution in [3.63, 3.8) is 0 Å². The molecule has 0 atom stereocenters. The van der Waals surface area contributed by atoms with Crippen molar-refractivity contribution < 1.29 is 9.53 Å². The van der Waals surface area contributed by atoms with E-state index in [2.05, 4.69) is 18.0 Å². The average Bonchev–Trinajstić information content (AvgIpc) is 2.91. The zero-order chi connectivity index (χ0) is 13.1. The number of carbonyl (C=O) groups is 1. The lowest BCUT2D eigenvalue weighted by molar-refractivity contribution is 0.0600. The Hall–Kier alpha value is -1.51. The third-order valence-corrected chi connectivity index (χ3v) is 3.96. The number of anilines is 1. The molecule has 3 heteroatoms. The van der Waals surface area contributed by atoms with Crippen LogP contribution in [-0.2, 0) is 4.74 Å². The smallest absolute Gasteiger partial charge is 0.338 e. The molecule has 1 aromatic rings. The van der Waals surface area contributed by atoms with E-state index in [1.807, 2.05) is 19.1 Å². The Morgan fingerprint density at radius 3 is 2.61 bits per heavy atom. The van der Waals surface area contributed by atoms with Crippen LogP contribution in [0.1, 0.15) is 41.6 Å². The first-order valence-electron chi connectivity index (χ1n) is 6.56. The van der Waals surface area contributed by atoms with Gasteiger partial charge in [-0.05, 0) is 37.5 Å². The third kappa shape index (κ3) is 2.35. The molecular formula is C15H21NO2. The Morgan fingerprint density at radius 2 is 2.00 bits per heavy atom. The van der Waals surface area contributed by atoms with Crippen LogP contribution in [0.3, 0.4) is 0 Å². The molecular weight excluding hydrogens is 226 g/mol. The summed E-state index contributed by atoms with van der Waals surface area (Å²) in [4.78, 5) is 14.0. The van der Waals surface area contributed by atoms with E-state index in [4.69, 9.17) is 4.74 Å². The third-order valence-electron chi connectivity index (χ3n) is 3.96. The molecule has 1 aliphatic rings. The second-order valence-electron chi connectivity index (χ2n) is 4.99. The van der Waals surface area contributed by atoms with Crippen LogP contribution in [-0.4, -0.2) is 26.2 Å². The van der Waals surface area contributed by atoms with Gasteiger partial charge in [-0.3, -0.25) is 0 Å². The number of esters is 1. The lowest BCUT2D eigenvalue weighted by Crippen LogP contribution is -2.29. The molecule has 18 heavy (non-hydrogen) atoms. The van der Waals surface area contributed by atoms with Crippen molar-refractivity contribution in [2.24, 2.45) is 0 Å². The molecule has 0 spiro atoms. The van der Waals surface area contributed by atoms with Gasteiger partial charge in [-0.1, -0.05) is 18.9 Å². The minimum atomic E-state index is -0.255. The number of methoxy groups -OCH3 is 1. The highest BCUT2D eigenvalue weighted by Gasteiger charge is 2.22. The molecule has 0 unspecified atom stereocenters. The number of hydrogen-bond acceptors (Lipinski definition) is 3. The summed E-state index contributed by atoms with van der Waals surface area (Å²) in [6.07, 6.45) is 5.12. The van der Waals surface area contributed by atoms with Gasteiger partial charge in [0.1, 0.15) is 0 Å². The van der Waals surface area contributed by atoms with Gasteiger partial charge in [0.05, 0.1) is 12.7 Å². The van der Waals surface area contributed by atoms with Crippen LogP contribution in [0.15, 0.2) is 18.2 Å². The monoisotopic (exact) mass is 247 g/mol. The van der Waals surface area contributed by atoms with E-state index < -0.39 is 0 Å². The zero-order valence-electron chi connectivity index (χ0n) is 11.4. The normalized spacial score (nSPS) is 15.7. The van der Waals surface area contributed by atoms with E-state index in [1.54, 1.807) is 0 Å². The van der Waals surface area contributed by atoms with E-state index in [1.165, 1.54) is 32.8 Å². The molecule has 0 bridgehead atoms. The largest absolute Gasteiger partial charge is 0.465 e. The van der Waals surface area contributed by atoms with Crippen LogP contribution >= 0.6 is 0 Å². The molecule has 0 radical (unpaired) electrons. The maximum absolute atomic E-state index is 11.7. The van der Waals surface area contributed by atoms with Crippen molar-refractivity contribution in [2.45, 2.75) is 38.6 Å². The highest BCUT2D eigenvalue weighted by molar-refractivity contribution is 5.92. The number of rotatable bonds is 3. The van der Waals surface area contributed by atoms with Crippen LogP contribution in [0.2, 0.25) is 0 Å². The molecule has 98 valence electrons. The Labute approximate surface area is 109 Å². The number of benzene rings is 1. The summed E-state index contributed by atoms with van der Waals surface area (Å²) in [5, 5.41) is 0. The van der Waals surface area contributed by atoms with Gasteiger partial charge >= 0.3 is 5.97 Å². The molecule has 0 aliphatic heterocycles. The first-order chi connectivity index (χ1) is 8.65. The molecule has 0 saturated heterocycles. The van der Waals surface area contributed by atoms with Crippen LogP contribution < -0.4 is 4.90 Å². The molecule has 0 amide bonds. The molecule has 1 aromatic carbocycles. The standard InChI is InChI=1S/C15H21NO2/c1-11-13(15(17)18-3)9-6-10-14(11)16(2)12-7-4-5-8-12/h6,9-10,12H,4-5,7-8H2,1-3H3. The molecule has 3 nitrogen and oxygen atoms in total. The fraction of sp³-hybridized carbons (Fsp3) is 0.533. The van der Waals surface area contributed by atoms with Gasteiger partial charge in [-0.25, -0.2) is 4.79 Å². The van der Waals surface area contributed by atoms with Gasteiger partial charge < -0.3 is 9.64 Å². The summed E-state index contributed by atoms with van der Waals surface area (Å²) in [6.45, 7) is 1.99. The maximum Gasteiger partial charge on any atom is 0.338 e. The Morgan fingerprint density at radius 1 is 1.33 bits per heavy atom. The van der Waals surface area contributed by atoms with Gasteiger partial charge in [0.2, 0.25) is 0 Å². The molecule has 1 fully saturated rings. The summed E-state index contributed by atoms with van der Waals surface area (Å²) < 4.78 is 4.82. The quantitative estimate of drug-likeness (QED) is 0.768. The fourth-order valence-corrected chi connectivity index (χ4v) is 2.82. The second kappa shape index (κ2) is 5.42. The van der Waals surface area contributed by atoms with E-state index >= 15 is 0 Å². The highest BCUT2D eigenvalue weighted by atomic mass is 16.5. The van der Waals surface area contributed by atoms with Gasteiger partial charge in [0, 0.05) is 18.8 Å².